The fourth-order valence-corrected chi connectivity index (χ4v) is 6.41. The third-order valence-electron chi connectivity index (χ3n) is 6.54. The van der Waals surface area contributed by atoms with Gasteiger partial charge < -0.3 is 5.32 Å². The number of hydrogen-bond acceptors (Lipinski definition) is 2. The Morgan fingerprint density at radius 1 is 1.00 bits per heavy atom. The van der Waals surface area contributed by atoms with Gasteiger partial charge in [0, 0.05) is 10.9 Å². The maximum Gasteiger partial charge on any atom is 0.146 e. The summed E-state index contributed by atoms with van der Waals surface area (Å²) in [5.41, 5.74) is 0.461. The molecule has 1 saturated heterocycles. The molecule has 4 atom stereocenters. The zero-order chi connectivity index (χ0) is 14.9. The van der Waals surface area contributed by atoms with E-state index in [1.807, 2.05) is 0 Å². The van der Waals surface area contributed by atoms with Gasteiger partial charge in [-0.3, -0.25) is 4.79 Å². The normalized spacial score (nSPS) is 42.1. The van der Waals surface area contributed by atoms with Crippen LogP contribution in [0.4, 0.5) is 0 Å². The molecule has 120 valence electrons. The second-order valence-corrected chi connectivity index (χ2v) is 8.85. The predicted octanol–water partition coefficient (Wildman–Crippen LogP) is 4.60. The van der Waals surface area contributed by atoms with Crippen LogP contribution in [-0.4, -0.2) is 22.7 Å². The Balaban J connectivity index is 1.83. The molecule has 0 aromatic rings. The second kappa shape index (κ2) is 6.70. The van der Waals surface area contributed by atoms with Gasteiger partial charge in [-0.1, -0.05) is 48.0 Å². The Morgan fingerprint density at radius 3 is 2.38 bits per heavy atom. The van der Waals surface area contributed by atoms with Crippen molar-refractivity contribution in [2.24, 2.45) is 11.3 Å². The quantitative estimate of drug-likeness (QED) is 0.579. The van der Waals surface area contributed by atoms with Crippen LogP contribution in [0.2, 0.25) is 0 Å². The molecule has 3 fully saturated rings. The summed E-state index contributed by atoms with van der Waals surface area (Å²) in [4.78, 5) is 12.4. The van der Waals surface area contributed by atoms with Gasteiger partial charge in [0.25, 0.3) is 0 Å². The van der Waals surface area contributed by atoms with Crippen LogP contribution in [0.1, 0.15) is 77.6 Å². The third-order valence-corrected chi connectivity index (χ3v) is 7.53. The number of nitrogens with one attached hydrogen (secondary N) is 1. The van der Waals surface area contributed by atoms with Gasteiger partial charge in [0.1, 0.15) is 5.78 Å². The molecule has 3 heteroatoms. The lowest BCUT2D eigenvalue weighted by Crippen LogP contribution is -2.63. The van der Waals surface area contributed by atoms with Crippen LogP contribution in [0.25, 0.3) is 0 Å². The number of carbonyl (C=O) groups excluding carboxylic acids is 1. The minimum absolute atomic E-state index is 0.104. The first-order chi connectivity index (χ1) is 10.1. The molecule has 2 aliphatic carbocycles. The Kier molecular flexibility index (Phi) is 5.10. The van der Waals surface area contributed by atoms with Crippen molar-refractivity contribution in [1.82, 2.24) is 5.32 Å². The van der Waals surface area contributed by atoms with E-state index < -0.39 is 0 Å². The van der Waals surface area contributed by atoms with E-state index in [-0.39, 0.29) is 6.04 Å². The van der Waals surface area contributed by atoms with Gasteiger partial charge in [-0.05, 0) is 56.8 Å². The average Bonchev–Trinajstić information content (AvgIpc) is 2.76. The molecule has 21 heavy (non-hydrogen) atoms. The second-order valence-electron chi connectivity index (χ2n) is 7.68. The van der Waals surface area contributed by atoms with Gasteiger partial charge in [-0.2, -0.15) is 0 Å². The molecule has 3 rings (SSSR count). The van der Waals surface area contributed by atoms with E-state index in [1.54, 1.807) is 6.92 Å². The van der Waals surface area contributed by atoms with Crippen molar-refractivity contribution in [2.45, 2.75) is 94.5 Å². The molecule has 0 aromatic heterocycles. The first kappa shape index (κ1) is 16.0. The fourth-order valence-electron chi connectivity index (χ4n) is 5.41. The van der Waals surface area contributed by atoms with E-state index in [4.69, 9.17) is 0 Å². The summed E-state index contributed by atoms with van der Waals surface area (Å²) in [5, 5.41) is 3.77. The Labute approximate surface area is 138 Å². The summed E-state index contributed by atoms with van der Waals surface area (Å²) in [7, 11) is 0. The van der Waals surface area contributed by atoms with E-state index in [9.17, 15) is 4.79 Å². The first-order valence-electron chi connectivity index (χ1n) is 9.04. The van der Waals surface area contributed by atoms with Gasteiger partial charge >= 0.3 is 0 Å². The summed E-state index contributed by atoms with van der Waals surface area (Å²) < 4.78 is 0. The summed E-state index contributed by atoms with van der Waals surface area (Å²) in [6.07, 6.45) is 14.9. The van der Waals surface area contributed by atoms with Crippen molar-refractivity contribution in [3.63, 3.8) is 0 Å². The topological polar surface area (TPSA) is 29.1 Å². The van der Waals surface area contributed by atoms with Gasteiger partial charge in [0.05, 0.1) is 6.04 Å². The predicted molar refractivity (Wildman–Crippen MR) is 90.8 cm³/mol. The number of halogens is 1. The molecule has 4 unspecified atom stereocenters. The lowest BCUT2D eigenvalue weighted by atomic mass is 9.56. The highest BCUT2D eigenvalue weighted by atomic mass is 79.9. The molecule has 2 nitrogen and oxygen atoms in total. The Morgan fingerprint density at radius 2 is 1.71 bits per heavy atom. The Hall–Kier alpha value is 0.110. The van der Waals surface area contributed by atoms with Crippen molar-refractivity contribution < 1.29 is 4.79 Å². The van der Waals surface area contributed by atoms with Crippen molar-refractivity contribution >= 4 is 21.7 Å². The third kappa shape index (κ3) is 3.10. The van der Waals surface area contributed by atoms with Crippen molar-refractivity contribution in [1.29, 1.82) is 0 Å². The van der Waals surface area contributed by atoms with Gasteiger partial charge in [0.15, 0.2) is 0 Å². The first-order valence-corrected chi connectivity index (χ1v) is 9.95. The maximum atomic E-state index is 11.8. The zero-order valence-electron chi connectivity index (χ0n) is 13.4. The van der Waals surface area contributed by atoms with Crippen LogP contribution in [0.5, 0.6) is 0 Å². The smallest absolute Gasteiger partial charge is 0.146 e. The Bertz CT molecular complexity index is 377. The van der Waals surface area contributed by atoms with E-state index in [0.717, 1.165) is 12.3 Å². The number of piperidine rings is 1. The maximum absolute atomic E-state index is 11.8. The molecule has 3 aliphatic rings. The molecule has 0 radical (unpaired) electrons. The molecule has 0 bridgehead atoms. The molecule has 0 aromatic carbocycles. The van der Waals surface area contributed by atoms with Crippen LogP contribution in [0, 0.1) is 11.3 Å². The highest BCUT2D eigenvalue weighted by Gasteiger charge is 2.52. The molecule has 1 heterocycles. The van der Waals surface area contributed by atoms with E-state index in [2.05, 4.69) is 21.2 Å². The van der Waals surface area contributed by atoms with E-state index in [0.29, 0.717) is 22.1 Å². The monoisotopic (exact) mass is 355 g/mol. The molecule has 1 N–H and O–H groups in total. The highest BCUT2D eigenvalue weighted by molar-refractivity contribution is 9.09. The lowest BCUT2D eigenvalue weighted by molar-refractivity contribution is -0.121. The fraction of sp³-hybridized carbons (Fsp3) is 0.944. The van der Waals surface area contributed by atoms with Gasteiger partial charge in [-0.25, -0.2) is 0 Å². The van der Waals surface area contributed by atoms with Crippen LogP contribution in [-0.2, 0) is 4.79 Å². The zero-order valence-corrected chi connectivity index (χ0v) is 15.0. The van der Waals surface area contributed by atoms with Crippen molar-refractivity contribution in [3.05, 3.63) is 0 Å². The largest absolute Gasteiger partial charge is 0.303 e. The number of hydrogen-bond donors (Lipinski definition) is 1. The molecule has 2 saturated carbocycles. The van der Waals surface area contributed by atoms with Gasteiger partial charge in [0.2, 0.25) is 0 Å². The number of rotatable bonds is 2. The number of alkyl halides is 1. The highest BCUT2D eigenvalue weighted by Crippen LogP contribution is 2.54. The van der Waals surface area contributed by atoms with E-state index in [1.165, 1.54) is 64.2 Å². The number of Topliss-reactive ketones (excluding diaryl/α,β-unsaturated/α-hetero) is 1. The van der Waals surface area contributed by atoms with Crippen LogP contribution in [0.3, 0.4) is 0 Å². The van der Waals surface area contributed by atoms with Crippen LogP contribution in [0.15, 0.2) is 0 Å². The number of fused-ring (bicyclic) bond motifs is 1. The van der Waals surface area contributed by atoms with Crippen LogP contribution < -0.4 is 5.32 Å². The molecule has 1 aliphatic heterocycles. The SMILES string of the molecule is CC(=O)C1CCC2(C3CCCCCC3)CCCC(Br)C2N1. The van der Waals surface area contributed by atoms with Crippen molar-refractivity contribution in [3.8, 4) is 0 Å². The average molecular weight is 356 g/mol. The molecular weight excluding hydrogens is 326 g/mol. The summed E-state index contributed by atoms with van der Waals surface area (Å²) >= 11 is 3.95. The number of ketones is 1. The van der Waals surface area contributed by atoms with Crippen molar-refractivity contribution in [2.75, 3.05) is 0 Å². The summed E-state index contributed by atoms with van der Waals surface area (Å²) in [6, 6.07) is 0.615. The van der Waals surface area contributed by atoms with Crippen LogP contribution >= 0.6 is 15.9 Å². The molecular formula is C18H30BrNO. The molecule has 0 spiro atoms. The molecule has 0 amide bonds. The van der Waals surface area contributed by atoms with E-state index >= 15 is 0 Å². The lowest BCUT2D eigenvalue weighted by Gasteiger charge is -2.56. The number of carbonyl (C=O) groups is 1. The standard InChI is InChI=1S/C18H30BrNO/c1-13(21)16-10-12-18(14-7-4-2-3-5-8-14)11-6-9-15(19)17(18)20-16/h14-17,20H,2-12H2,1H3. The minimum Gasteiger partial charge on any atom is -0.303 e. The summed E-state index contributed by atoms with van der Waals surface area (Å²) in [5.74, 6) is 1.21. The van der Waals surface area contributed by atoms with Gasteiger partial charge in [-0.15, -0.1) is 0 Å². The minimum atomic E-state index is 0.104. The summed E-state index contributed by atoms with van der Waals surface area (Å²) in [6.45, 7) is 1.75.